The van der Waals surface area contributed by atoms with Crippen LogP contribution in [0.2, 0.25) is 0 Å². The van der Waals surface area contributed by atoms with E-state index in [9.17, 15) is 18.0 Å². The van der Waals surface area contributed by atoms with Gasteiger partial charge in [-0.25, -0.2) is 13.4 Å². The second kappa shape index (κ2) is 8.29. The predicted octanol–water partition coefficient (Wildman–Crippen LogP) is 2.71. The molecule has 2 aliphatic carbocycles. The molecule has 2 heterocycles. The molecule has 1 amide bonds. The van der Waals surface area contributed by atoms with Gasteiger partial charge in [0.15, 0.2) is 15.7 Å². The van der Waals surface area contributed by atoms with Gasteiger partial charge in [0, 0.05) is 23.7 Å². The average molecular weight is 431 g/mol. The zero-order valence-electron chi connectivity index (χ0n) is 16.9. The number of hydrogen-bond acceptors (Lipinski definition) is 6. The van der Waals surface area contributed by atoms with Crippen molar-refractivity contribution in [2.45, 2.75) is 67.9 Å². The Morgan fingerprint density at radius 3 is 2.60 bits per heavy atom. The number of nitrogens with one attached hydrogen (secondary N) is 2. The van der Waals surface area contributed by atoms with Crippen LogP contribution in [0.1, 0.15) is 62.1 Å². The van der Waals surface area contributed by atoms with Crippen molar-refractivity contribution in [1.29, 1.82) is 0 Å². The Bertz CT molecular complexity index is 1090. The number of carbonyl (C=O) groups excluding carboxylic acids is 1. The van der Waals surface area contributed by atoms with Gasteiger partial charge in [-0.05, 0) is 38.2 Å². The number of aromatic nitrogens is 3. The Labute approximate surface area is 175 Å². The first kappa shape index (κ1) is 20.7. The minimum atomic E-state index is -3.65. The maximum atomic E-state index is 13.3. The maximum Gasteiger partial charge on any atom is 0.253 e. The van der Waals surface area contributed by atoms with Crippen molar-refractivity contribution in [3.8, 4) is 0 Å². The summed E-state index contributed by atoms with van der Waals surface area (Å²) in [5, 5.41) is 2.25. The molecule has 4 rings (SSSR count). The van der Waals surface area contributed by atoms with Gasteiger partial charge >= 0.3 is 0 Å². The van der Waals surface area contributed by atoms with Gasteiger partial charge in [-0.3, -0.25) is 14.6 Å². The number of sulfone groups is 1. The Hall–Kier alpha value is -2.55. The van der Waals surface area contributed by atoms with E-state index in [2.05, 4.69) is 20.3 Å². The Morgan fingerprint density at radius 2 is 1.97 bits per heavy atom. The number of nitrogens with zero attached hydrogens (tertiary/aromatic N) is 2. The lowest BCUT2D eigenvalue weighted by Crippen LogP contribution is -2.31. The minimum Gasteiger partial charge on any atom is -0.326 e. The third-order valence-corrected chi connectivity index (χ3v) is 8.26. The van der Waals surface area contributed by atoms with Crippen LogP contribution in [0.5, 0.6) is 0 Å². The number of amides is 1. The fourth-order valence-corrected chi connectivity index (χ4v) is 6.30. The molecule has 0 saturated heterocycles. The highest BCUT2D eigenvalue weighted by Crippen LogP contribution is 2.39. The Kier molecular flexibility index (Phi) is 5.73. The molecule has 2 aromatic rings. The molecule has 0 unspecified atom stereocenters. The van der Waals surface area contributed by atoms with Gasteiger partial charge in [-0.15, -0.1) is 0 Å². The first-order valence-electron chi connectivity index (χ1n) is 10.4. The van der Waals surface area contributed by atoms with Gasteiger partial charge in [-0.2, -0.15) is 0 Å². The highest BCUT2D eigenvalue weighted by Gasteiger charge is 2.41. The maximum absolute atomic E-state index is 13.3. The minimum absolute atomic E-state index is 0.00328. The third kappa shape index (κ3) is 4.30. The molecule has 0 radical (unpaired) electrons. The molecule has 160 valence electrons. The number of pyridine rings is 1. The second-order valence-electron chi connectivity index (χ2n) is 8.32. The van der Waals surface area contributed by atoms with Crippen LogP contribution in [-0.4, -0.2) is 34.5 Å². The van der Waals surface area contributed by atoms with Crippen LogP contribution in [0.4, 0.5) is 5.82 Å². The predicted molar refractivity (Wildman–Crippen MR) is 112 cm³/mol. The molecule has 2 aliphatic rings. The molecule has 2 aromatic heterocycles. The number of carbonyl (C=O) groups is 1. The number of aryl methyl sites for hydroxylation is 1. The van der Waals surface area contributed by atoms with E-state index in [1.54, 1.807) is 6.92 Å². The van der Waals surface area contributed by atoms with Crippen LogP contribution < -0.4 is 10.9 Å². The van der Waals surface area contributed by atoms with Crippen molar-refractivity contribution in [3.05, 3.63) is 46.3 Å². The summed E-state index contributed by atoms with van der Waals surface area (Å²) >= 11 is 0. The molecular weight excluding hydrogens is 404 g/mol. The summed E-state index contributed by atoms with van der Waals surface area (Å²) in [5.41, 5.74) is 0.0178. The Morgan fingerprint density at radius 1 is 1.23 bits per heavy atom. The van der Waals surface area contributed by atoms with E-state index in [0.29, 0.717) is 25.0 Å². The van der Waals surface area contributed by atoms with E-state index in [4.69, 9.17) is 0 Å². The van der Waals surface area contributed by atoms with Gasteiger partial charge in [0.05, 0.1) is 22.3 Å². The lowest BCUT2D eigenvalue weighted by molar-refractivity contribution is -0.118. The molecule has 30 heavy (non-hydrogen) atoms. The van der Waals surface area contributed by atoms with E-state index in [1.165, 1.54) is 24.7 Å². The molecule has 1 atom stereocenters. The first-order valence-corrected chi connectivity index (χ1v) is 12.0. The number of H-pyrrole nitrogens is 1. The molecule has 0 spiro atoms. The zero-order valence-corrected chi connectivity index (χ0v) is 17.7. The summed E-state index contributed by atoms with van der Waals surface area (Å²) < 4.78 is 26.3. The van der Waals surface area contributed by atoms with Crippen LogP contribution in [-0.2, 0) is 14.6 Å². The molecule has 2 fully saturated rings. The third-order valence-electron chi connectivity index (χ3n) is 5.96. The monoisotopic (exact) mass is 430 g/mol. The highest BCUT2D eigenvalue weighted by atomic mass is 32.2. The number of aromatic amines is 1. The normalized spacial score (nSPS) is 18.3. The van der Waals surface area contributed by atoms with Crippen LogP contribution in [0.15, 0.2) is 34.3 Å². The molecule has 0 bridgehead atoms. The highest BCUT2D eigenvalue weighted by molar-refractivity contribution is 7.92. The lowest BCUT2D eigenvalue weighted by Gasteiger charge is -2.22. The lowest BCUT2D eigenvalue weighted by atomic mass is 9.87. The summed E-state index contributed by atoms with van der Waals surface area (Å²) in [5.74, 6) is -0.749. The summed E-state index contributed by atoms with van der Waals surface area (Å²) in [4.78, 5) is 37.0. The van der Waals surface area contributed by atoms with Gasteiger partial charge in [0.1, 0.15) is 0 Å². The van der Waals surface area contributed by atoms with Crippen molar-refractivity contribution in [2.75, 3.05) is 5.32 Å². The second-order valence-corrected chi connectivity index (χ2v) is 10.5. The van der Waals surface area contributed by atoms with Gasteiger partial charge in [0.2, 0.25) is 5.91 Å². The molecule has 2 N–H and O–H groups in total. The van der Waals surface area contributed by atoms with E-state index in [0.717, 1.165) is 25.7 Å². The van der Waals surface area contributed by atoms with Gasteiger partial charge in [0.25, 0.3) is 5.56 Å². The van der Waals surface area contributed by atoms with E-state index < -0.39 is 32.5 Å². The van der Waals surface area contributed by atoms with Crippen LogP contribution in [0, 0.1) is 12.8 Å². The average Bonchev–Trinajstić information content (AvgIpc) is 3.45. The molecule has 0 aromatic carbocycles. The summed E-state index contributed by atoms with van der Waals surface area (Å²) in [6.45, 7) is 1.66. The molecule has 8 nitrogen and oxygen atoms in total. The quantitative estimate of drug-likeness (QED) is 0.696. The largest absolute Gasteiger partial charge is 0.326 e. The standard InChI is InChI=1S/C21H26N4O4S/c1-13-10-17(30(28,29)15-6-7-15)19(21(27)24-13)16(11-14-4-2-3-5-14)20(26)25-18-12-22-8-9-23-18/h8-10,12,14-16H,2-7,11H2,1H3,(H,24,27)(H,23,25,26)/t16-/m0/s1. The molecule has 0 aliphatic heterocycles. The van der Waals surface area contributed by atoms with Crippen LogP contribution in [0.25, 0.3) is 0 Å². The topological polar surface area (TPSA) is 122 Å². The molecule has 9 heteroatoms. The van der Waals surface area contributed by atoms with E-state index in [1.807, 2.05) is 0 Å². The first-order chi connectivity index (χ1) is 14.4. The van der Waals surface area contributed by atoms with Crippen LogP contribution >= 0.6 is 0 Å². The summed E-state index contributed by atoms with van der Waals surface area (Å²) in [7, 11) is -3.65. The van der Waals surface area contributed by atoms with Gasteiger partial charge in [-0.1, -0.05) is 25.7 Å². The fourth-order valence-electron chi connectivity index (χ4n) is 4.30. The van der Waals surface area contributed by atoms with Crippen molar-refractivity contribution in [1.82, 2.24) is 15.0 Å². The van der Waals surface area contributed by atoms with Gasteiger partial charge < -0.3 is 10.3 Å². The van der Waals surface area contributed by atoms with Crippen molar-refractivity contribution in [2.24, 2.45) is 5.92 Å². The molecule has 2 saturated carbocycles. The Balaban J connectivity index is 1.78. The van der Waals surface area contributed by atoms with E-state index in [-0.39, 0.29) is 22.2 Å². The van der Waals surface area contributed by atoms with Crippen molar-refractivity contribution < 1.29 is 13.2 Å². The van der Waals surface area contributed by atoms with Crippen molar-refractivity contribution >= 4 is 21.6 Å². The number of rotatable bonds is 7. The number of anilines is 1. The summed E-state index contributed by atoms with van der Waals surface area (Å²) in [6, 6.07) is 1.50. The van der Waals surface area contributed by atoms with Crippen LogP contribution in [0.3, 0.4) is 0 Å². The smallest absolute Gasteiger partial charge is 0.253 e. The SMILES string of the molecule is Cc1cc(S(=O)(=O)C2CC2)c([C@H](CC2CCCC2)C(=O)Nc2cnccn2)c(=O)[nH]1. The zero-order chi connectivity index (χ0) is 21.3. The summed E-state index contributed by atoms with van der Waals surface area (Å²) in [6.07, 6.45) is 10.1. The fraction of sp³-hybridized carbons (Fsp3) is 0.524. The molecular formula is C21H26N4O4S. The van der Waals surface area contributed by atoms with Crippen molar-refractivity contribution in [3.63, 3.8) is 0 Å². The van der Waals surface area contributed by atoms with E-state index >= 15 is 0 Å². The number of hydrogen-bond donors (Lipinski definition) is 2.